The van der Waals surface area contributed by atoms with Crippen LogP contribution in [0.1, 0.15) is 32.6 Å². The Morgan fingerprint density at radius 1 is 1.67 bits per heavy atom. The highest BCUT2D eigenvalue weighted by Crippen LogP contribution is 2.20. The van der Waals surface area contributed by atoms with E-state index in [0.29, 0.717) is 6.42 Å². The van der Waals surface area contributed by atoms with Gasteiger partial charge in [-0.15, -0.1) is 0 Å². The Hall–Kier alpha value is -0.650. The van der Waals surface area contributed by atoms with E-state index in [9.17, 15) is 4.79 Å². The highest BCUT2D eigenvalue weighted by Gasteiger charge is 2.21. The second-order valence-electron chi connectivity index (χ2n) is 4.09. The summed E-state index contributed by atoms with van der Waals surface area (Å²) in [6.45, 7) is 5.22. The number of hydrogen-bond acceptors (Lipinski definition) is 5. The molecule has 3 N–H and O–H groups in total. The van der Waals surface area contributed by atoms with Gasteiger partial charge in [0.15, 0.2) is 0 Å². The predicted molar refractivity (Wildman–Crippen MR) is 57.5 cm³/mol. The third-order valence-electron chi connectivity index (χ3n) is 2.87. The van der Waals surface area contributed by atoms with Gasteiger partial charge in [-0.2, -0.15) is 0 Å². The van der Waals surface area contributed by atoms with Gasteiger partial charge in [0.1, 0.15) is 0 Å². The molecule has 0 aromatic carbocycles. The van der Waals surface area contributed by atoms with Crippen molar-refractivity contribution in [3.05, 3.63) is 0 Å². The zero-order valence-corrected chi connectivity index (χ0v) is 9.37. The molecule has 0 aromatic rings. The number of nitrogens with one attached hydrogen (secondary N) is 1. The molecule has 1 atom stereocenters. The van der Waals surface area contributed by atoms with E-state index in [1.807, 2.05) is 5.59 Å². The third kappa shape index (κ3) is 4.59. The monoisotopic (exact) mass is 215 g/mol. The third-order valence-corrected chi connectivity index (χ3v) is 2.87. The van der Waals surface area contributed by atoms with Crippen molar-refractivity contribution in [3.8, 4) is 0 Å². The Morgan fingerprint density at radius 3 is 3.13 bits per heavy atom. The minimum Gasteiger partial charge on any atom is -0.356 e. The van der Waals surface area contributed by atoms with Crippen LogP contribution in [0.25, 0.3) is 0 Å². The molecule has 1 rings (SSSR count). The van der Waals surface area contributed by atoms with Crippen LogP contribution in [0.5, 0.6) is 0 Å². The standard InChI is InChI=1S/C10H21N3O2/c1-2-3-9-4-6-13(8-9)7-5-10(14)15-12-11/h9,12H,2-8,11H2,1H3. The summed E-state index contributed by atoms with van der Waals surface area (Å²) in [5, 5.41) is 0. The van der Waals surface area contributed by atoms with Crippen LogP contribution in [0.3, 0.4) is 0 Å². The minimum absolute atomic E-state index is 0.295. The van der Waals surface area contributed by atoms with Gasteiger partial charge in [-0.25, -0.2) is 5.84 Å². The van der Waals surface area contributed by atoms with Crippen LogP contribution in [0.15, 0.2) is 0 Å². The molecule has 15 heavy (non-hydrogen) atoms. The van der Waals surface area contributed by atoms with Gasteiger partial charge in [-0.1, -0.05) is 18.9 Å². The number of nitrogens with two attached hydrogens (primary N) is 1. The molecule has 1 unspecified atom stereocenters. The fourth-order valence-corrected chi connectivity index (χ4v) is 2.13. The molecule has 1 aliphatic rings. The molecule has 88 valence electrons. The molecule has 0 saturated carbocycles. The van der Waals surface area contributed by atoms with E-state index in [1.54, 1.807) is 0 Å². The summed E-state index contributed by atoms with van der Waals surface area (Å²) in [5.74, 6) is 5.39. The first-order chi connectivity index (χ1) is 7.26. The lowest BCUT2D eigenvalue weighted by Gasteiger charge is -2.14. The Bertz CT molecular complexity index is 199. The lowest BCUT2D eigenvalue weighted by atomic mass is 10.0. The van der Waals surface area contributed by atoms with Gasteiger partial charge in [0, 0.05) is 13.1 Å². The zero-order valence-electron chi connectivity index (χ0n) is 9.37. The maximum Gasteiger partial charge on any atom is 0.327 e. The number of likely N-dealkylation sites (tertiary alicyclic amines) is 1. The van der Waals surface area contributed by atoms with Gasteiger partial charge < -0.3 is 9.74 Å². The fourth-order valence-electron chi connectivity index (χ4n) is 2.13. The average molecular weight is 215 g/mol. The molecule has 0 aromatic heterocycles. The highest BCUT2D eigenvalue weighted by molar-refractivity contribution is 5.69. The maximum absolute atomic E-state index is 11.0. The lowest BCUT2D eigenvalue weighted by molar-refractivity contribution is -0.151. The first kappa shape index (κ1) is 12.4. The van der Waals surface area contributed by atoms with Crippen molar-refractivity contribution in [2.45, 2.75) is 32.6 Å². The molecular formula is C10H21N3O2. The Balaban J connectivity index is 2.10. The molecule has 0 spiro atoms. The number of rotatable bonds is 6. The van der Waals surface area contributed by atoms with Crippen molar-refractivity contribution in [2.75, 3.05) is 19.6 Å². The molecule has 1 heterocycles. The number of hydrazine groups is 1. The molecule has 1 aliphatic heterocycles. The van der Waals surface area contributed by atoms with Crippen LogP contribution in [-0.4, -0.2) is 30.5 Å². The summed E-state index contributed by atoms with van der Waals surface area (Å²) in [6, 6.07) is 0. The molecule has 0 bridgehead atoms. The molecule has 0 radical (unpaired) electrons. The van der Waals surface area contributed by atoms with Crippen molar-refractivity contribution < 1.29 is 9.63 Å². The number of nitrogens with zero attached hydrogens (tertiary/aromatic N) is 1. The first-order valence-corrected chi connectivity index (χ1v) is 5.64. The Morgan fingerprint density at radius 2 is 2.47 bits per heavy atom. The fraction of sp³-hybridized carbons (Fsp3) is 0.900. The van der Waals surface area contributed by atoms with Gasteiger partial charge in [-0.05, 0) is 25.3 Å². The van der Waals surface area contributed by atoms with Crippen molar-refractivity contribution in [1.82, 2.24) is 10.5 Å². The maximum atomic E-state index is 11.0. The second-order valence-corrected chi connectivity index (χ2v) is 4.09. The van der Waals surface area contributed by atoms with E-state index >= 15 is 0 Å². The Kier molecular flexibility index (Phi) is 5.60. The van der Waals surface area contributed by atoms with Crippen molar-refractivity contribution in [1.29, 1.82) is 0 Å². The van der Waals surface area contributed by atoms with Gasteiger partial charge in [0.25, 0.3) is 0 Å². The van der Waals surface area contributed by atoms with Crippen LogP contribution >= 0.6 is 0 Å². The topological polar surface area (TPSA) is 67.6 Å². The molecule has 0 amide bonds. The van der Waals surface area contributed by atoms with E-state index < -0.39 is 0 Å². The molecule has 5 nitrogen and oxygen atoms in total. The second kappa shape index (κ2) is 6.76. The van der Waals surface area contributed by atoms with Crippen molar-refractivity contribution in [3.63, 3.8) is 0 Å². The van der Waals surface area contributed by atoms with E-state index in [1.165, 1.54) is 19.3 Å². The smallest absolute Gasteiger partial charge is 0.327 e. The van der Waals surface area contributed by atoms with Crippen LogP contribution in [0.2, 0.25) is 0 Å². The van der Waals surface area contributed by atoms with Crippen molar-refractivity contribution >= 4 is 5.97 Å². The number of carbonyl (C=O) groups excluding carboxylic acids is 1. The summed E-state index contributed by atoms with van der Waals surface area (Å²) < 4.78 is 0. The summed E-state index contributed by atoms with van der Waals surface area (Å²) in [5.41, 5.74) is 1.90. The first-order valence-electron chi connectivity index (χ1n) is 5.64. The number of hydrogen-bond donors (Lipinski definition) is 2. The molecular weight excluding hydrogens is 194 g/mol. The summed E-state index contributed by atoms with van der Waals surface area (Å²) >= 11 is 0. The van der Waals surface area contributed by atoms with Crippen LogP contribution in [-0.2, 0) is 9.63 Å². The molecule has 0 aliphatic carbocycles. The van der Waals surface area contributed by atoms with Gasteiger partial charge in [0.2, 0.25) is 0 Å². The predicted octanol–water partition coefficient (Wildman–Crippen LogP) is 0.420. The van der Waals surface area contributed by atoms with Crippen LogP contribution in [0.4, 0.5) is 0 Å². The van der Waals surface area contributed by atoms with Crippen molar-refractivity contribution in [2.24, 2.45) is 11.8 Å². The van der Waals surface area contributed by atoms with Gasteiger partial charge in [0.05, 0.1) is 6.42 Å². The molecule has 1 saturated heterocycles. The van der Waals surface area contributed by atoms with E-state index in [4.69, 9.17) is 5.84 Å². The van der Waals surface area contributed by atoms with Gasteiger partial charge >= 0.3 is 5.97 Å². The van der Waals surface area contributed by atoms with Gasteiger partial charge in [-0.3, -0.25) is 4.79 Å². The van der Waals surface area contributed by atoms with E-state index in [2.05, 4.69) is 16.7 Å². The average Bonchev–Trinajstić information content (AvgIpc) is 2.64. The lowest BCUT2D eigenvalue weighted by Crippen LogP contribution is -2.29. The molecule has 5 heteroatoms. The summed E-state index contributed by atoms with van der Waals surface area (Å²) in [6.07, 6.45) is 4.21. The van der Waals surface area contributed by atoms with E-state index in [-0.39, 0.29) is 5.97 Å². The Labute approximate surface area is 90.9 Å². The highest BCUT2D eigenvalue weighted by atomic mass is 16.7. The SMILES string of the molecule is CCCC1CCN(CCC(=O)ONN)C1. The zero-order chi connectivity index (χ0) is 11.1. The minimum atomic E-state index is -0.295. The van der Waals surface area contributed by atoms with Crippen LogP contribution < -0.4 is 11.4 Å². The van der Waals surface area contributed by atoms with E-state index in [0.717, 1.165) is 25.6 Å². The number of carbonyl (C=O) groups is 1. The normalized spacial score (nSPS) is 21.9. The summed E-state index contributed by atoms with van der Waals surface area (Å²) in [4.78, 5) is 17.8. The quantitative estimate of drug-likeness (QED) is 0.496. The molecule has 1 fully saturated rings. The van der Waals surface area contributed by atoms with Crippen LogP contribution in [0, 0.1) is 5.92 Å². The summed E-state index contributed by atoms with van der Waals surface area (Å²) in [7, 11) is 0. The largest absolute Gasteiger partial charge is 0.356 e.